The summed E-state index contributed by atoms with van der Waals surface area (Å²) in [6.07, 6.45) is 7.23. The molecule has 30 heavy (non-hydrogen) atoms. The second-order valence-electron chi connectivity index (χ2n) is 8.36. The van der Waals surface area contributed by atoms with E-state index in [0.717, 1.165) is 50.9 Å². The zero-order chi connectivity index (χ0) is 21.2. The first kappa shape index (κ1) is 23.1. The van der Waals surface area contributed by atoms with Gasteiger partial charge >= 0.3 is 0 Å². The third-order valence-electron chi connectivity index (χ3n) is 6.11. The van der Waals surface area contributed by atoms with Gasteiger partial charge in [0, 0.05) is 19.6 Å². The van der Waals surface area contributed by atoms with Crippen molar-refractivity contribution in [2.24, 2.45) is 5.92 Å². The molecule has 1 aromatic rings. The average Bonchev–Trinajstić information content (AvgIpc) is 2.78. The van der Waals surface area contributed by atoms with Gasteiger partial charge in [0.15, 0.2) is 11.5 Å². The van der Waals surface area contributed by atoms with Crippen molar-refractivity contribution in [3.8, 4) is 11.5 Å². The van der Waals surface area contributed by atoms with Crippen LogP contribution in [-0.2, 0) is 4.74 Å². The number of hydrogen-bond acceptors (Lipinski definition) is 6. The van der Waals surface area contributed by atoms with Gasteiger partial charge in [0.1, 0.15) is 12.7 Å². The molecule has 0 saturated carbocycles. The Balaban J connectivity index is 1.35. The molecule has 0 aliphatic carbocycles. The molecular weight excluding hydrogens is 380 g/mol. The highest BCUT2D eigenvalue weighted by atomic mass is 16.5. The fourth-order valence-electron chi connectivity index (χ4n) is 4.28. The maximum absolute atomic E-state index is 10.5. The van der Waals surface area contributed by atoms with Crippen molar-refractivity contribution in [1.82, 2.24) is 9.80 Å². The Bertz CT molecular complexity index is 653. The Morgan fingerprint density at radius 1 is 1.13 bits per heavy atom. The Morgan fingerprint density at radius 2 is 1.90 bits per heavy atom. The van der Waals surface area contributed by atoms with Gasteiger partial charge in [-0.2, -0.15) is 0 Å². The van der Waals surface area contributed by atoms with Crippen LogP contribution >= 0.6 is 0 Å². The zero-order valence-electron chi connectivity index (χ0n) is 18.6. The fraction of sp³-hybridized carbons (Fsp3) is 0.667. The van der Waals surface area contributed by atoms with Crippen molar-refractivity contribution in [3.63, 3.8) is 0 Å². The van der Waals surface area contributed by atoms with Crippen LogP contribution in [0.1, 0.15) is 31.7 Å². The van der Waals surface area contributed by atoms with Crippen molar-refractivity contribution >= 4 is 6.08 Å². The SMILES string of the molecule is C/C=C/c1ccc(OCC(O)CN2CCC(CCN3CCOCC3)CC2)c(OC)c1. The number of allylic oxidation sites excluding steroid dienone is 1. The second kappa shape index (κ2) is 12.3. The molecule has 2 heterocycles. The molecule has 3 rings (SSSR count). The van der Waals surface area contributed by atoms with Crippen LogP contribution < -0.4 is 9.47 Å². The number of likely N-dealkylation sites (tertiary alicyclic amines) is 1. The van der Waals surface area contributed by atoms with Crippen LogP contribution in [0, 0.1) is 5.92 Å². The lowest BCUT2D eigenvalue weighted by Crippen LogP contribution is -2.42. The number of benzene rings is 1. The maximum Gasteiger partial charge on any atom is 0.161 e. The molecule has 0 bridgehead atoms. The van der Waals surface area contributed by atoms with Gasteiger partial charge in [-0.25, -0.2) is 0 Å². The Morgan fingerprint density at radius 3 is 2.60 bits per heavy atom. The molecular formula is C24H38N2O4. The van der Waals surface area contributed by atoms with E-state index in [2.05, 4.69) is 9.80 Å². The Labute approximate surface area is 181 Å². The van der Waals surface area contributed by atoms with Gasteiger partial charge in [0.05, 0.1) is 20.3 Å². The first-order chi connectivity index (χ1) is 14.7. The number of morpholine rings is 1. The van der Waals surface area contributed by atoms with Crippen LogP contribution in [0.2, 0.25) is 0 Å². The highest BCUT2D eigenvalue weighted by Gasteiger charge is 2.22. The predicted octanol–water partition coefficient (Wildman–Crippen LogP) is 2.90. The molecule has 168 valence electrons. The lowest BCUT2D eigenvalue weighted by atomic mass is 9.93. The third-order valence-corrected chi connectivity index (χ3v) is 6.11. The first-order valence-electron chi connectivity index (χ1n) is 11.3. The maximum atomic E-state index is 10.5. The Kier molecular flexibility index (Phi) is 9.46. The van der Waals surface area contributed by atoms with Gasteiger partial charge in [0.2, 0.25) is 0 Å². The standard InChI is InChI=1S/C24H38N2O4/c1-3-4-21-5-6-23(24(17-21)28-2)30-19-22(27)18-26-11-8-20(9-12-26)7-10-25-13-15-29-16-14-25/h3-6,17,20,22,27H,7-16,18-19H2,1-2H3/b4-3+. The van der Waals surface area contributed by atoms with E-state index in [1.54, 1.807) is 7.11 Å². The highest BCUT2D eigenvalue weighted by Crippen LogP contribution is 2.29. The minimum atomic E-state index is -0.505. The molecule has 1 N–H and O–H groups in total. The van der Waals surface area contributed by atoms with Crippen LogP contribution in [0.3, 0.4) is 0 Å². The zero-order valence-corrected chi connectivity index (χ0v) is 18.6. The molecule has 2 fully saturated rings. The summed E-state index contributed by atoms with van der Waals surface area (Å²) in [4.78, 5) is 4.89. The van der Waals surface area contributed by atoms with Gasteiger partial charge in [0.25, 0.3) is 0 Å². The molecule has 1 unspecified atom stereocenters. The molecule has 2 saturated heterocycles. The van der Waals surface area contributed by atoms with Gasteiger partial charge in [-0.1, -0.05) is 18.2 Å². The summed E-state index contributed by atoms with van der Waals surface area (Å²) in [6.45, 7) is 10.2. The minimum Gasteiger partial charge on any atom is -0.493 e. The fourth-order valence-corrected chi connectivity index (χ4v) is 4.28. The quantitative estimate of drug-likeness (QED) is 0.631. The van der Waals surface area contributed by atoms with Gasteiger partial charge in [-0.15, -0.1) is 0 Å². The lowest BCUT2D eigenvalue weighted by Gasteiger charge is -2.34. The number of methoxy groups -OCH3 is 1. The topological polar surface area (TPSA) is 54.4 Å². The molecule has 6 heteroatoms. The van der Waals surface area contributed by atoms with E-state index in [0.29, 0.717) is 18.0 Å². The number of rotatable bonds is 10. The van der Waals surface area contributed by atoms with E-state index in [1.807, 2.05) is 37.3 Å². The van der Waals surface area contributed by atoms with Gasteiger partial charge in [-0.05, 0) is 69.4 Å². The summed E-state index contributed by atoms with van der Waals surface area (Å²) in [5, 5.41) is 10.5. The van der Waals surface area contributed by atoms with Crippen LogP contribution in [0.4, 0.5) is 0 Å². The summed E-state index contributed by atoms with van der Waals surface area (Å²) in [6, 6.07) is 5.84. The number of piperidine rings is 1. The van der Waals surface area contributed by atoms with Crippen molar-refractivity contribution in [3.05, 3.63) is 29.8 Å². The second-order valence-corrected chi connectivity index (χ2v) is 8.36. The monoisotopic (exact) mass is 418 g/mol. The molecule has 0 radical (unpaired) electrons. The van der Waals surface area contributed by atoms with Gasteiger partial charge < -0.3 is 24.2 Å². The number of ether oxygens (including phenoxy) is 3. The lowest BCUT2D eigenvalue weighted by molar-refractivity contribution is 0.0307. The summed E-state index contributed by atoms with van der Waals surface area (Å²) in [5.41, 5.74) is 1.07. The van der Waals surface area contributed by atoms with E-state index in [9.17, 15) is 5.11 Å². The largest absolute Gasteiger partial charge is 0.493 e. The summed E-state index contributed by atoms with van der Waals surface area (Å²) in [5.74, 6) is 2.17. The number of aliphatic hydroxyl groups excluding tert-OH is 1. The van der Waals surface area contributed by atoms with Crippen LogP contribution in [0.15, 0.2) is 24.3 Å². The minimum absolute atomic E-state index is 0.274. The first-order valence-corrected chi connectivity index (χ1v) is 11.3. The number of aliphatic hydroxyl groups is 1. The summed E-state index contributed by atoms with van der Waals surface area (Å²) >= 11 is 0. The molecule has 2 aliphatic heterocycles. The van der Waals surface area contributed by atoms with E-state index in [-0.39, 0.29) is 6.61 Å². The van der Waals surface area contributed by atoms with E-state index >= 15 is 0 Å². The summed E-state index contributed by atoms with van der Waals surface area (Å²) in [7, 11) is 1.64. The van der Waals surface area contributed by atoms with Crippen LogP contribution in [-0.4, -0.2) is 87.2 Å². The van der Waals surface area contributed by atoms with E-state index in [4.69, 9.17) is 14.2 Å². The molecule has 6 nitrogen and oxygen atoms in total. The molecule has 0 amide bonds. The van der Waals surface area contributed by atoms with Crippen molar-refractivity contribution in [2.75, 3.05) is 66.2 Å². The number of β-amino-alcohol motifs (C(OH)–C–C–N with tert-alkyl or cyclic N) is 1. The third kappa shape index (κ3) is 7.27. The smallest absolute Gasteiger partial charge is 0.161 e. The molecule has 2 aliphatic rings. The van der Waals surface area contributed by atoms with E-state index < -0.39 is 6.10 Å². The van der Waals surface area contributed by atoms with Crippen molar-refractivity contribution < 1.29 is 19.3 Å². The molecule has 0 aromatic heterocycles. The van der Waals surface area contributed by atoms with Crippen LogP contribution in [0.25, 0.3) is 6.08 Å². The predicted molar refractivity (Wildman–Crippen MR) is 120 cm³/mol. The normalized spacial score (nSPS) is 20.5. The molecule has 1 aromatic carbocycles. The summed E-state index contributed by atoms with van der Waals surface area (Å²) < 4.78 is 16.7. The van der Waals surface area contributed by atoms with Gasteiger partial charge in [-0.3, -0.25) is 4.90 Å². The van der Waals surface area contributed by atoms with E-state index in [1.165, 1.54) is 25.8 Å². The van der Waals surface area contributed by atoms with Crippen LogP contribution in [0.5, 0.6) is 11.5 Å². The average molecular weight is 419 g/mol. The number of hydrogen-bond donors (Lipinski definition) is 1. The van der Waals surface area contributed by atoms with Crippen molar-refractivity contribution in [2.45, 2.75) is 32.3 Å². The molecule has 0 spiro atoms. The Hall–Kier alpha value is -1.60. The number of nitrogens with zero attached hydrogens (tertiary/aromatic N) is 2. The van der Waals surface area contributed by atoms with Crippen molar-refractivity contribution in [1.29, 1.82) is 0 Å². The molecule has 1 atom stereocenters. The highest BCUT2D eigenvalue weighted by molar-refractivity contribution is 5.55.